The number of amides is 2. The molecule has 0 aromatic heterocycles. The second-order valence-electron chi connectivity index (χ2n) is 9.30. The summed E-state index contributed by atoms with van der Waals surface area (Å²) in [6.45, 7) is 7.46. The van der Waals surface area contributed by atoms with Crippen LogP contribution in [0.5, 0.6) is 0 Å². The molecule has 204 valence electrons. The van der Waals surface area contributed by atoms with Crippen molar-refractivity contribution in [3.05, 3.63) is 65.0 Å². The average Bonchev–Trinajstić information content (AvgIpc) is 2.85. The Bertz CT molecular complexity index is 1170. The number of halogens is 1. The van der Waals surface area contributed by atoms with Crippen molar-refractivity contribution in [1.82, 2.24) is 14.5 Å². The summed E-state index contributed by atoms with van der Waals surface area (Å²) in [4.78, 5) is 28.3. The minimum absolute atomic E-state index is 0.0292. The Morgan fingerprint density at radius 1 is 1.03 bits per heavy atom. The molecule has 1 N–H and O–H groups in total. The van der Waals surface area contributed by atoms with E-state index in [-0.39, 0.29) is 12.5 Å². The van der Waals surface area contributed by atoms with Gasteiger partial charge in [0.1, 0.15) is 18.4 Å². The highest BCUT2D eigenvalue weighted by Gasteiger charge is 2.34. The van der Waals surface area contributed by atoms with E-state index in [0.29, 0.717) is 29.8 Å². The molecule has 2 aromatic rings. The van der Waals surface area contributed by atoms with Gasteiger partial charge in [-0.1, -0.05) is 44.5 Å². The molecule has 10 heteroatoms. The Morgan fingerprint density at radius 3 is 2.24 bits per heavy atom. The Hall–Kier alpha value is -2.98. The van der Waals surface area contributed by atoms with E-state index in [0.717, 1.165) is 27.0 Å². The van der Waals surface area contributed by atoms with E-state index in [1.165, 1.54) is 31.1 Å². The number of aryl methyl sites for hydroxylation is 2. The van der Waals surface area contributed by atoms with Crippen LogP contribution in [0.15, 0.2) is 42.5 Å². The second-order valence-corrected chi connectivity index (χ2v) is 11.4. The molecule has 2 rings (SSSR count). The highest BCUT2D eigenvalue weighted by Crippen LogP contribution is 2.26. The fourth-order valence-corrected chi connectivity index (χ4v) is 5.02. The third kappa shape index (κ3) is 8.00. The maximum absolute atomic E-state index is 13.8. The first-order valence-corrected chi connectivity index (χ1v) is 13.9. The van der Waals surface area contributed by atoms with Crippen LogP contribution in [-0.2, 0) is 26.3 Å². The van der Waals surface area contributed by atoms with Crippen LogP contribution in [0.25, 0.3) is 0 Å². The van der Waals surface area contributed by atoms with E-state index in [1.54, 1.807) is 38.1 Å². The van der Waals surface area contributed by atoms with Crippen LogP contribution in [0.3, 0.4) is 0 Å². The van der Waals surface area contributed by atoms with Gasteiger partial charge in [0.15, 0.2) is 0 Å². The third-order valence-corrected chi connectivity index (χ3v) is 7.94. The van der Waals surface area contributed by atoms with Crippen molar-refractivity contribution in [2.24, 2.45) is 0 Å². The minimum Gasteiger partial charge on any atom is -0.354 e. The summed E-state index contributed by atoms with van der Waals surface area (Å²) in [5, 5.41) is 2.88. The van der Waals surface area contributed by atoms with Gasteiger partial charge in [0.25, 0.3) is 0 Å². The number of nitrogens with zero attached hydrogens (tertiary/aromatic N) is 3. The van der Waals surface area contributed by atoms with E-state index < -0.39 is 34.5 Å². The molecule has 0 heterocycles. The molecule has 0 aliphatic carbocycles. The number of carbonyl (C=O) groups excluding carboxylic acids is 2. The molecule has 0 aliphatic rings. The summed E-state index contributed by atoms with van der Waals surface area (Å²) in [6, 6.07) is 10.3. The maximum Gasteiger partial charge on any atom is 0.304 e. The first-order valence-electron chi connectivity index (χ1n) is 12.5. The zero-order valence-electron chi connectivity index (χ0n) is 22.6. The molecular weight excluding hydrogens is 495 g/mol. The van der Waals surface area contributed by atoms with Gasteiger partial charge in [-0.3, -0.25) is 9.59 Å². The molecule has 0 aliphatic heterocycles. The molecule has 0 saturated carbocycles. The van der Waals surface area contributed by atoms with E-state index in [2.05, 4.69) is 5.32 Å². The molecule has 0 bridgehead atoms. The van der Waals surface area contributed by atoms with E-state index in [4.69, 9.17) is 0 Å². The zero-order chi connectivity index (χ0) is 27.8. The zero-order valence-corrected chi connectivity index (χ0v) is 23.4. The van der Waals surface area contributed by atoms with Crippen LogP contribution >= 0.6 is 0 Å². The van der Waals surface area contributed by atoms with Crippen LogP contribution in [0.4, 0.5) is 10.1 Å². The molecule has 2 aromatic carbocycles. The lowest BCUT2D eigenvalue weighted by Gasteiger charge is -2.34. The Kier molecular flexibility index (Phi) is 11.1. The van der Waals surface area contributed by atoms with Gasteiger partial charge in [-0.05, 0) is 61.6 Å². The number of rotatable bonds is 13. The second kappa shape index (κ2) is 13.5. The average molecular weight is 535 g/mol. The summed E-state index contributed by atoms with van der Waals surface area (Å²) in [5.74, 6) is -1.25. The van der Waals surface area contributed by atoms with Crippen LogP contribution in [0.1, 0.15) is 49.8 Å². The molecule has 0 spiro atoms. The summed E-state index contributed by atoms with van der Waals surface area (Å²) < 4.78 is 42.4. The Balaban J connectivity index is 2.51. The number of anilines is 1. The lowest BCUT2D eigenvalue weighted by molar-refractivity contribution is -0.140. The van der Waals surface area contributed by atoms with Gasteiger partial charge in [0.05, 0.1) is 5.69 Å². The largest absolute Gasteiger partial charge is 0.354 e. The fraction of sp³-hybridized carbons (Fsp3) is 0.481. The molecular formula is C27H39FN4O4S. The van der Waals surface area contributed by atoms with Crippen LogP contribution < -0.4 is 9.62 Å². The fourth-order valence-electron chi connectivity index (χ4n) is 3.90. The molecule has 2 amide bonds. The SMILES string of the molecule is CCCCNC(=O)[C@@H](CC)N(Cc1ccc(F)cc1)C(=O)CN(c1cc(C)ccc1C)S(=O)(=O)N(C)C. The number of hydrogen-bond donors (Lipinski definition) is 1. The van der Waals surface area contributed by atoms with Gasteiger partial charge >= 0.3 is 10.2 Å². The van der Waals surface area contributed by atoms with Crippen molar-refractivity contribution in [3.8, 4) is 0 Å². The van der Waals surface area contributed by atoms with Crippen molar-refractivity contribution in [3.63, 3.8) is 0 Å². The molecule has 37 heavy (non-hydrogen) atoms. The number of carbonyl (C=O) groups is 2. The van der Waals surface area contributed by atoms with Crippen molar-refractivity contribution < 1.29 is 22.4 Å². The van der Waals surface area contributed by atoms with Gasteiger partial charge in [-0.25, -0.2) is 8.70 Å². The third-order valence-electron chi connectivity index (χ3n) is 6.13. The van der Waals surface area contributed by atoms with Crippen molar-refractivity contribution in [1.29, 1.82) is 0 Å². The predicted octanol–water partition coefficient (Wildman–Crippen LogP) is 3.78. The standard InChI is InChI=1S/C27H39FN4O4S/c1-7-9-16-29-27(34)24(8-2)31(18-22-12-14-23(28)15-13-22)26(33)19-32(37(35,36)30(5)6)25-17-20(3)10-11-21(25)4/h10-15,17,24H,7-9,16,18-19H2,1-6H3,(H,29,34)/t24-/m1/s1. The normalized spacial score (nSPS) is 12.3. The smallest absolute Gasteiger partial charge is 0.304 e. The summed E-state index contributed by atoms with van der Waals surface area (Å²) in [6.07, 6.45) is 2.03. The van der Waals surface area contributed by atoms with E-state index in [9.17, 15) is 22.4 Å². The first kappa shape index (κ1) is 30.2. The van der Waals surface area contributed by atoms with Crippen LogP contribution in [0, 0.1) is 19.7 Å². The lowest BCUT2D eigenvalue weighted by Crippen LogP contribution is -2.53. The highest BCUT2D eigenvalue weighted by molar-refractivity contribution is 7.90. The molecule has 0 radical (unpaired) electrons. The van der Waals surface area contributed by atoms with Gasteiger partial charge in [-0.2, -0.15) is 12.7 Å². The van der Waals surface area contributed by atoms with Crippen molar-refractivity contribution in [2.45, 2.75) is 59.5 Å². The number of hydrogen-bond acceptors (Lipinski definition) is 4. The van der Waals surface area contributed by atoms with Crippen molar-refractivity contribution in [2.75, 3.05) is 31.5 Å². The quantitative estimate of drug-likeness (QED) is 0.396. The van der Waals surface area contributed by atoms with Gasteiger partial charge in [-0.15, -0.1) is 0 Å². The Labute approximate surface area is 220 Å². The minimum atomic E-state index is -4.04. The van der Waals surface area contributed by atoms with Gasteiger partial charge < -0.3 is 10.2 Å². The maximum atomic E-state index is 13.8. The van der Waals surface area contributed by atoms with E-state index in [1.807, 2.05) is 19.9 Å². The van der Waals surface area contributed by atoms with Crippen LogP contribution in [0.2, 0.25) is 0 Å². The molecule has 0 fully saturated rings. The number of benzene rings is 2. The molecule has 8 nitrogen and oxygen atoms in total. The van der Waals surface area contributed by atoms with Crippen LogP contribution in [-0.4, -0.2) is 62.7 Å². The lowest BCUT2D eigenvalue weighted by atomic mass is 10.1. The molecule has 1 atom stereocenters. The topological polar surface area (TPSA) is 90.0 Å². The number of unbranched alkanes of at least 4 members (excludes halogenated alkanes) is 1. The molecule has 0 saturated heterocycles. The highest BCUT2D eigenvalue weighted by atomic mass is 32.2. The van der Waals surface area contributed by atoms with Gasteiger partial charge in [0, 0.05) is 27.2 Å². The van der Waals surface area contributed by atoms with Crippen molar-refractivity contribution >= 4 is 27.7 Å². The Morgan fingerprint density at radius 2 is 1.68 bits per heavy atom. The molecule has 0 unspecified atom stereocenters. The monoisotopic (exact) mass is 534 g/mol. The summed E-state index contributed by atoms with van der Waals surface area (Å²) >= 11 is 0. The van der Waals surface area contributed by atoms with E-state index >= 15 is 0 Å². The predicted molar refractivity (Wildman–Crippen MR) is 145 cm³/mol. The summed E-state index contributed by atoms with van der Waals surface area (Å²) in [7, 11) is -1.23. The summed E-state index contributed by atoms with van der Waals surface area (Å²) in [5.41, 5.74) is 2.56. The first-order chi connectivity index (χ1) is 17.4. The number of nitrogens with one attached hydrogen (secondary N) is 1. The van der Waals surface area contributed by atoms with Gasteiger partial charge in [0.2, 0.25) is 11.8 Å².